The third-order valence-electron chi connectivity index (χ3n) is 2.95. The Morgan fingerprint density at radius 3 is 2.45 bits per heavy atom. The summed E-state index contributed by atoms with van der Waals surface area (Å²) in [5, 5.41) is 1.63. The fourth-order valence-electron chi connectivity index (χ4n) is 2.11. The van der Waals surface area contributed by atoms with Crippen molar-refractivity contribution < 1.29 is 28.0 Å². The quantitative estimate of drug-likeness (QED) is 0.502. The maximum atomic E-state index is 12.3. The van der Waals surface area contributed by atoms with Crippen molar-refractivity contribution in [2.45, 2.75) is 45.9 Å². The Balaban J connectivity index is 2.47. The van der Waals surface area contributed by atoms with Crippen molar-refractivity contribution in [2.24, 2.45) is 0 Å². The standard InChI is InChI=1S/C12H24NO6P/c1-5-16-20(15,17-6-2)8-7-11-9-12(18-10(3)14)19-13(11)4/h11-12H,5-9H2,1-4H3. The lowest BCUT2D eigenvalue weighted by molar-refractivity contribution is -0.225. The Morgan fingerprint density at radius 1 is 1.35 bits per heavy atom. The molecule has 2 atom stereocenters. The van der Waals surface area contributed by atoms with E-state index in [4.69, 9.17) is 18.6 Å². The number of ether oxygens (including phenoxy) is 1. The Kier molecular flexibility index (Phi) is 7.12. The van der Waals surface area contributed by atoms with Gasteiger partial charge in [0, 0.05) is 26.4 Å². The third kappa shape index (κ3) is 5.50. The van der Waals surface area contributed by atoms with Gasteiger partial charge < -0.3 is 13.8 Å². The van der Waals surface area contributed by atoms with Crippen LogP contribution in [0.15, 0.2) is 0 Å². The molecule has 1 heterocycles. The van der Waals surface area contributed by atoms with Gasteiger partial charge in [0.05, 0.1) is 19.4 Å². The second-order valence-corrected chi connectivity index (χ2v) is 6.72. The van der Waals surface area contributed by atoms with E-state index in [2.05, 4.69) is 0 Å². The van der Waals surface area contributed by atoms with Crippen molar-refractivity contribution in [1.29, 1.82) is 0 Å². The predicted molar refractivity (Wildman–Crippen MR) is 73.1 cm³/mol. The van der Waals surface area contributed by atoms with Crippen molar-refractivity contribution >= 4 is 13.6 Å². The second-order valence-electron chi connectivity index (χ2n) is 4.54. The van der Waals surface area contributed by atoms with Crippen LogP contribution in [-0.2, 0) is 28.0 Å². The van der Waals surface area contributed by atoms with Crippen LogP contribution in [0.2, 0.25) is 0 Å². The first-order valence-electron chi connectivity index (χ1n) is 6.85. The first-order valence-corrected chi connectivity index (χ1v) is 8.58. The first kappa shape index (κ1) is 17.6. The molecule has 1 aliphatic rings. The molecule has 1 saturated heterocycles. The van der Waals surface area contributed by atoms with Crippen molar-refractivity contribution in [3.63, 3.8) is 0 Å². The monoisotopic (exact) mass is 309 g/mol. The van der Waals surface area contributed by atoms with Crippen LogP contribution in [0.25, 0.3) is 0 Å². The zero-order valence-electron chi connectivity index (χ0n) is 12.5. The van der Waals surface area contributed by atoms with E-state index in [1.807, 2.05) is 0 Å². The van der Waals surface area contributed by atoms with Gasteiger partial charge in [-0.05, 0) is 20.3 Å². The summed E-state index contributed by atoms with van der Waals surface area (Å²) in [4.78, 5) is 16.3. The molecule has 0 saturated carbocycles. The molecule has 1 fully saturated rings. The summed E-state index contributed by atoms with van der Waals surface area (Å²) in [6.45, 7) is 5.62. The fraction of sp³-hybridized carbons (Fsp3) is 0.917. The summed E-state index contributed by atoms with van der Waals surface area (Å²) in [5.74, 6) is -0.377. The number of hydroxylamine groups is 2. The summed E-state index contributed by atoms with van der Waals surface area (Å²) in [7, 11) is -1.27. The number of carbonyl (C=O) groups is 1. The van der Waals surface area contributed by atoms with Gasteiger partial charge in [-0.15, -0.1) is 0 Å². The zero-order valence-corrected chi connectivity index (χ0v) is 13.4. The van der Waals surface area contributed by atoms with Crippen molar-refractivity contribution in [2.75, 3.05) is 26.4 Å². The van der Waals surface area contributed by atoms with Crippen LogP contribution in [0, 0.1) is 0 Å². The summed E-state index contributed by atoms with van der Waals surface area (Å²) in [5.41, 5.74) is 0. The van der Waals surface area contributed by atoms with Crippen LogP contribution in [0.3, 0.4) is 0 Å². The molecular formula is C12H24NO6P. The molecule has 1 rings (SSSR count). The normalized spacial score (nSPS) is 24.0. The van der Waals surface area contributed by atoms with Crippen LogP contribution in [0.1, 0.15) is 33.6 Å². The molecular weight excluding hydrogens is 285 g/mol. The lowest BCUT2D eigenvalue weighted by Gasteiger charge is -2.21. The number of rotatable bonds is 8. The molecule has 8 heteroatoms. The second kappa shape index (κ2) is 8.10. The molecule has 0 amide bonds. The molecule has 2 unspecified atom stereocenters. The van der Waals surface area contributed by atoms with E-state index in [1.54, 1.807) is 26.0 Å². The van der Waals surface area contributed by atoms with Gasteiger partial charge >= 0.3 is 13.6 Å². The summed E-state index contributed by atoms with van der Waals surface area (Å²) in [6.07, 6.45) is 0.890. The molecule has 7 nitrogen and oxygen atoms in total. The Bertz CT molecular complexity index is 354. The van der Waals surface area contributed by atoms with Gasteiger partial charge in [0.25, 0.3) is 0 Å². The highest BCUT2D eigenvalue weighted by Gasteiger charge is 2.35. The van der Waals surface area contributed by atoms with Gasteiger partial charge in [-0.3, -0.25) is 14.2 Å². The van der Waals surface area contributed by atoms with Crippen LogP contribution >= 0.6 is 7.60 Å². The number of nitrogens with zero attached hydrogens (tertiary/aromatic N) is 1. The lowest BCUT2D eigenvalue weighted by Crippen LogP contribution is -2.25. The zero-order chi connectivity index (χ0) is 15.2. The minimum atomic E-state index is -3.04. The first-order chi connectivity index (χ1) is 9.40. The summed E-state index contributed by atoms with van der Waals surface area (Å²) in [6, 6.07) is 0.0218. The molecule has 0 radical (unpaired) electrons. The molecule has 0 N–H and O–H groups in total. The van der Waals surface area contributed by atoms with Gasteiger partial charge in [0.15, 0.2) is 0 Å². The SMILES string of the molecule is CCOP(=O)(CCC1CC(OC(C)=O)ON1C)OCC. The predicted octanol–water partition coefficient (Wildman–Crippen LogP) is 2.17. The Labute approximate surface area is 120 Å². The Morgan fingerprint density at radius 2 is 1.95 bits per heavy atom. The van der Waals surface area contributed by atoms with Gasteiger partial charge in [-0.1, -0.05) is 0 Å². The highest BCUT2D eigenvalue weighted by atomic mass is 31.2. The maximum Gasteiger partial charge on any atom is 0.330 e. The van der Waals surface area contributed by atoms with Gasteiger partial charge in [-0.2, -0.15) is 5.06 Å². The highest BCUT2D eigenvalue weighted by Crippen LogP contribution is 2.49. The van der Waals surface area contributed by atoms with Crippen LogP contribution in [0.4, 0.5) is 0 Å². The largest absolute Gasteiger partial charge is 0.434 e. The minimum Gasteiger partial charge on any atom is -0.434 e. The topological polar surface area (TPSA) is 74.3 Å². The van der Waals surface area contributed by atoms with Crippen molar-refractivity contribution in [3.8, 4) is 0 Å². The average Bonchev–Trinajstić information content (AvgIpc) is 2.67. The fourth-order valence-corrected chi connectivity index (χ4v) is 3.84. The number of esters is 1. The molecule has 0 bridgehead atoms. The van der Waals surface area contributed by atoms with E-state index in [-0.39, 0.29) is 12.0 Å². The number of hydrogen-bond donors (Lipinski definition) is 0. The third-order valence-corrected chi connectivity index (χ3v) is 5.06. The maximum absolute atomic E-state index is 12.3. The molecule has 0 aliphatic carbocycles. The van der Waals surface area contributed by atoms with E-state index < -0.39 is 13.9 Å². The van der Waals surface area contributed by atoms with Crippen LogP contribution < -0.4 is 0 Å². The molecule has 1 aliphatic heterocycles. The molecule has 0 aromatic carbocycles. The van der Waals surface area contributed by atoms with Gasteiger partial charge in [-0.25, -0.2) is 0 Å². The number of hydrogen-bond acceptors (Lipinski definition) is 7. The minimum absolute atomic E-state index is 0.0218. The summed E-state index contributed by atoms with van der Waals surface area (Å²) >= 11 is 0. The molecule has 118 valence electrons. The van der Waals surface area contributed by atoms with Crippen molar-refractivity contribution in [1.82, 2.24) is 5.06 Å². The smallest absolute Gasteiger partial charge is 0.330 e. The van der Waals surface area contributed by atoms with E-state index >= 15 is 0 Å². The Hall–Kier alpha value is -0.460. The molecule has 0 aromatic heterocycles. The van der Waals surface area contributed by atoms with E-state index in [0.29, 0.717) is 32.2 Å². The van der Waals surface area contributed by atoms with Crippen LogP contribution in [0.5, 0.6) is 0 Å². The average molecular weight is 309 g/mol. The lowest BCUT2D eigenvalue weighted by atomic mass is 10.1. The van der Waals surface area contributed by atoms with E-state index in [0.717, 1.165) is 0 Å². The van der Waals surface area contributed by atoms with Crippen molar-refractivity contribution in [3.05, 3.63) is 0 Å². The number of carbonyl (C=O) groups excluding carboxylic acids is 1. The van der Waals surface area contributed by atoms with Crippen LogP contribution in [-0.4, -0.2) is 49.8 Å². The molecule has 0 spiro atoms. The highest BCUT2D eigenvalue weighted by molar-refractivity contribution is 7.53. The molecule has 20 heavy (non-hydrogen) atoms. The van der Waals surface area contributed by atoms with Gasteiger partial charge in [0.1, 0.15) is 0 Å². The van der Waals surface area contributed by atoms with Gasteiger partial charge in [0.2, 0.25) is 6.29 Å². The van der Waals surface area contributed by atoms with E-state index in [1.165, 1.54) is 6.92 Å². The van der Waals surface area contributed by atoms with E-state index in [9.17, 15) is 9.36 Å². The molecule has 0 aromatic rings. The summed E-state index contributed by atoms with van der Waals surface area (Å²) < 4.78 is 27.8.